The highest BCUT2D eigenvalue weighted by molar-refractivity contribution is 7.18. The van der Waals surface area contributed by atoms with Gasteiger partial charge in [-0.25, -0.2) is 4.98 Å². The van der Waals surface area contributed by atoms with Gasteiger partial charge in [0, 0.05) is 24.7 Å². The number of nitrogens with zero attached hydrogens (tertiary/aromatic N) is 3. The molecule has 1 fully saturated rings. The van der Waals surface area contributed by atoms with E-state index in [4.69, 9.17) is 10.7 Å². The number of thiazole rings is 1. The molecule has 6 heteroatoms. The minimum Gasteiger partial charge on any atom is -0.397 e. The molecule has 2 aromatic heterocycles. The molecular weight excluding hydrogens is 332 g/mol. The number of fused-ring (bicyclic) bond motifs is 1. The second kappa shape index (κ2) is 6.80. The summed E-state index contributed by atoms with van der Waals surface area (Å²) in [5.74, 6) is 0.594. The molecule has 3 aromatic rings. The predicted octanol–water partition coefficient (Wildman–Crippen LogP) is 3.22. The summed E-state index contributed by atoms with van der Waals surface area (Å²) in [6.45, 7) is 1.57. The van der Waals surface area contributed by atoms with Crippen LogP contribution in [0.2, 0.25) is 0 Å². The van der Waals surface area contributed by atoms with Crippen molar-refractivity contribution in [2.45, 2.75) is 25.2 Å². The van der Waals surface area contributed by atoms with Gasteiger partial charge >= 0.3 is 0 Å². The smallest absolute Gasteiger partial charge is 0.228 e. The number of benzene rings is 1. The Morgan fingerprint density at radius 2 is 2.00 bits per heavy atom. The van der Waals surface area contributed by atoms with Crippen LogP contribution < -0.4 is 5.73 Å². The number of rotatable bonds is 3. The zero-order chi connectivity index (χ0) is 17.2. The summed E-state index contributed by atoms with van der Waals surface area (Å²) in [4.78, 5) is 23.4. The van der Waals surface area contributed by atoms with Crippen LogP contribution in [0.4, 0.5) is 5.69 Å². The first-order chi connectivity index (χ1) is 12.2. The lowest BCUT2D eigenvalue weighted by Gasteiger charge is -2.31. The van der Waals surface area contributed by atoms with Gasteiger partial charge in [-0.2, -0.15) is 0 Å². The second-order valence-corrected chi connectivity index (χ2v) is 7.50. The third-order valence-corrected chi connectivity index (χ3v) is 5.89. The Kier molecular flexibility index (Phi) is 4.36. The van der Waals surface area contributed by atoms with Crippen LogP contribution in [0, 0.1) is 0 Å². The molecule has 0 unspecified atom stereocenters. The van der Waals surface area contributed by atoms with E-state index in [1.165, 1.54) is 9.71 Å². The number of nitrogens with two attached hydrogens (primary N) is 1. The number of pyridine rings is 1. The lowest BCUT2D eigenvalue weighted by molar-refractivity contribution is -0.131. The fraction of sp³-hybridized carbons (Fsp3) is 0.316. The van der Waals surface area contributed by atoms with Gasteiger partial charge in [0.05, 0.1) is 33.5 Å². The Hall–Kier alpha value is -2.47. The van der Waals surface area contributed by atoms with E-state index in [9.17, 15) is 4.79 Å². The molecule has 0 spiro atoms. The first-order valence-corrected chi connectivity index (χ1v) is 9.34. The van der Waals surface area contributed by atoms with Crippen molar-refractivity contribution in [3.63, 3.8) is 0 Å². The van der Waals surface area contributed by atoms with E-state index < -0.39 is 0 Å². The van der Waals surface area contributed by atoms with Gasteiger partial charge in [-0.1, -0.05) is 12.1 Å². The number of anilines is 1. The van der Waals surface area contributed by atoms with Crippen LogP contribution in [0.5, 0.6) is 0 Å². The monoisotopic (exact) mass is 352 g/mol. The fourth-order valence-electron chi connectivity index (χ4n) is 3.25. The van der Waals surface area contributed by atoms with Crippen LogP contribution >= 0.6 is 11.3 Å². The molecule has 25 heavy (non-hydrogen) atoms. The van der Waals surface area contributed by atoms with Crippen molar-refractivity contribution in [1.29, 1.82) is 0 Å². The standard InChI is InChI=1S/C19H20N4OS/c20-14-5-6-15(21-12-14)11-18(24)23-9-7-13(8-10-23)19-22-16-3-1-2-4-17(16)25-19/h1-6,12-13H,7-11,20H2. The molecule has 5 nitrogen and oxygen atoms in total. The summed E-state index contributed by atoms with van der Waals surface area (Å²) in [6, 6.07) is 11.9. The maximum absolute atomic E-state index is 12.5. The van der Waals surface area contributed by atoms with E-state index in [1.807, 2.05) is 17.0 Å². The average molecular weight is 352 g/mol. The van der Waals surface area contributed by atoms with Crippen molar-refractivity contribution in [3.8, 4) is 0 Å². The third-order valence-electron chi connectivity index (χ3n) is 4.69. The molecule has 1 saturated heterocycles. The number of nitrogen functional groups attached to an aromatic ring is 1. The van der Waals surface area contributed by atoms with Gasteiger partial charge in [-0.15, -0.1) is 11.3 Å². The van der Waals surface area contributed by atoms with Crippen LogP contribution in [0.1, 0.15) is 29.5 Å². The van der Waals surface area contributed by atoms with Gasteiger partial charge in [0.25, 0.3) is 0 Å². The number of carbonyl (C=O) groups is 1. The molecule has 0 atom stereocenters. The van der Waals surface area contributed by atoms with Crippen LogP contribution in [0.15, 0.2) is 42.6 Å². The van der Waals surface area contributed by atoms with Gasteiger partial charge < -0.3 is 10.6 Å². The molecule has 1 aromatic carbocycles. The summed E-state index contributed by atoms with van der Waals surface area (Å²) in [5.41, 5.74) is 8.10. The maximum atomic E-state index is 12.5. The number of hydrogen-bond acceptors (Lipinski definition) is 5. The molecule has 1 amide bonds. The maximum Gasteiger partial charge on any atom is 0.228 e. The Morgan fingerprint density at radius 1 is 1.20 bits per heavy atom. The highest BCUT2D eigenvalue weighted by Crippen LogP contribution is 2.33. The highest BCUT2D eigenvalue weighted by Gasteiger charge is 2.26. The summed E-state index contributed by atoms with van der Waals surface area (Å²) >= 11 is 1.78. The normalized spacial score (nSPS) is 15.6. The minimum absolute atomic E-state index is 0.139. The van der Waals surface area contributed by atoms with E-state index in [2.05, 4.69) is 23.2 Å². The van der Waals surface area contributed by atoms with E-state index in [-0.39, 0.29) is 5.91 Å². The van der Waals surface area contributed by atoms with Crippen LogP contribution in [-0.4, -0.2) is 33.9 Å². The van der Waals surface area contributed by atoms with E-state index in [0.717, 1.165) is 37.1 Å². The first-order valence-electron chi connectivity index (χ1n) is 8.53. The average Bonchev–Trinajstić information content (AvgIpc) is 3.08. The number of amides is 1. The second-order valence-electron chi connectivity index (χ2n) is 6.43. The largest absolute Gasteiger partial charge is 0.397 e. The summed E-state index contributed by atoms with van der Waals surface area (Å²) in [6.07, 6.45) is 3.88. The molecule has 4 rings (SSSR count). The Bertz CT molecular complexity index is 849. The molecule has 0 saturated carbocycles. The number of piperidine rings is 1. The number of para-hydroxylation sites is 1. The molecule has 1 aliphatic rings. The Balaban J connectivity index is 1.37. The predicted molar refractivity (Wildman–Crippen MR) is 101 cm³/mol. The lowest BCUT2D eigenvalue weighted by Crippen LogP contribution is -2.38. The van der Waals surface area contributed by atoms with Crippen LogP contribution in [0.3, 0.4) is 0 Å². The topological polar surface area (TPSA) is 72.1 Å². The SMILES string of the molecule is Nc1ccc(CC(=O)N2CCC(c3nc4ccccc4s3)CC2)nc1. The van der Waals surface area contributed by atoms with Gasteiger partial charge in [0.2, 0.25) is 5.91 Å². The van der Waals surface area contributed by atoms with Crippen molar-refractivity contribution < 1.29 is 4.79 Å². The lowest BCUT2D eigenvalue weighted by atomic mass is 9.97. The third kappa shape index (κ3) is 3.49. The van der Waals surface area contributed by atoms with E-state index >= 15 is 0 Å². The highest BCUT2D eigenvalue weighted by atomic mass is 32.1. The molecule has 0 aliphatic carbocycles. The molecule has 2 N–H and O–H groups in total. The number of hydrogen-bond donors (Lipinski definition) is 1. The van der Waals surface area contributed by atoms with Gasteiger partial charge in [-0.3, -0.25) is 9.78 Å². The quantitative estimate of drug-likeness (QED) is 0.785. The number of likely N-dealkylation sites (tertiary alicyclic amines) is 1. The van der Waals surface area contributed by atoms with Crippen molar-refractivity contribution in [3.05, 3.63) is 53.3 Å². The molecule has 3 heterocycles. The van der Waals surface area contributed by atoms with Gasteiger partial charge in [-0.05, 0) is 37.1 Å². The van der Waals surface area contributed by atoms with E-state index in [0.29, 0.717) is 18.0 Å². The van der Waals surface area contributed by atoms with Gasteiger partial charge in [0.15, 0.2) is 0 Å². The van der Waals surface area contributed by atoms with Crippen molar-refractivity contribution >= 4 is 33.1 Å². The zero-order valence-corrected chi connectivity index (χ0v) is 14.7. The molecule has 0 radical (unpaired) electrons. The van der Waals surface area contributed by atoms with Crippen molar-refractivity contribution in [2.24, 2.45) is 0 Å². The first kappa shape index (κ1) is 16.0. The Labute approximate surface area is 150 Å². The molecular formula is C19H20N4OS. The number of carbonyl (C=O) groups excluding carboxylic acids is 1. The molecule has 0 bridgehead atoms. The summed E-state index contributed by atoms with van der Waals surface area (Å²) in [5, 5.41) is 1.20. The molecule has 128 valence electrons. The van der Waals surface area contributed by atoms with Crippen LogP contribution in [0.25, 0.3) is 10.2 Å². The van der Waals surface area contributed by atoms with E-state index in [1.54, 1.807) is 23.6 Å². The van der Waals surface area contributed by atoms with Crippen LogP contribution in [-0.2, 0) is 11.2 Å². The minimum atomic E-state index is 0.139. The molecule has 1 aliphatic heterocycles. The number of aromatic nitrogens is 2. The Morgan fingerprint density at radius 3 is 2.72 bits per heavy atom. The summed E-state index contributed by atoms with van der Waals surface area (Å²) in [7, 11) is 0. The van der Waals surface area contributed by atoms with Crippen molar-refractivity contribution in [2.75, 3.05) is 18.8 Å². The summed E-state index contributed by atoms with van der Waals surface area (Å²) < 4.78 is 1.24. The van der Waals surface area contributed by atoms with Crippen molar-refractivity contribution in [1.82, 2.24) is 14.9 Å². The zero-order valence-electron chi connectivity index (χ0n) is 13.9. The van der Waals surface area contributed by atoms with Gasteiger partial charge in [0.1, 0.15) is 0 Å². The fourth-order valence-corrected chi connectivity index (χ4v) is 4.38.